The van der Waals surface area contributed by atoms with Gasteiger partial charge in [0, 0.05) is 5.75 Å². The maximum absolute atomic E-state index is 13.7. The van der Waals surface area contributed by atoms with Gasteiger partial charge in [0.25, 0.3) is 0 Å². The van der Waals surface area contributed by atoms with Crippen LogP contribution in [-0.2, 0) is 25.5 Å². The lowest BCUT2D eigenvalue weighted by atomic mass is 9.99. The molecule has 0 aliphatic carbocycles. The molecule has 0 bridgehead atoms. The van der Waals surface area contributed by atoms with Crippen LogP contribution in [-0.4, -0.2) is 75.7 Å². The Morgan fingerprint density at radius 1 is 1.28 bits per heavy atom. The van der Waals surface area contributed by atoms with Crippen molar-refractivity contribution in [3.8, 4) is 0 Å². The van der Waals surface area contributed by atoms with E-state index in [0.29, 0.717) is 31.6 Å². The largest absolute Gasteiger partial charge is 0.480 e. The second kappa shape index (κ2) is 11.7. The fourth-order valence-electron chi connectivity index (χ4n) is 4.73. The van der Waals surface area contributed by atoms with E-state index in [-0.39, 0.29) is 17.3 Å². The number of thioether (sulfide) groups is 1. The van der Waals surface area contributed by atoms with E-state index in [9.17, 15) is 19.5 Å². The van der Waals surface area contributed by atoms with Crippen LogP contribution in [0, 0.1) is 0 Å². The van der Waals surface area contributed by atoms with Gasteiger partial charge in [-0.05, 0) is 50.6 Å². The number of carboxylic acid groups (broad SMARTS) is 1. The Hall–Kier alpha value is -2.06. The fourth-order valence-corrected chi connectivity index (χ4v) is 6.19. The van der Waals surface area contributed by atoms with E-state index < -0.39 is 24.1 Å². The van der Waals surface area contributed by atoms with Gasteiger partial charge in [-0.25, -0.2) is 4.79 Å². The second-order valence-corrected chi connectivity index (χ2v) is 9.70. The highest BCUT2D eigenvalue weighted by Crippen LogP contribution is 2.37. The molecule has 4 atom stereocenters. The van der Waals surface area contributed by atoms with Crippen molar-refractivity contribution in [2.45, 2.75) is 75.4 Å². The van der Waals surface area contributed by atoms with Crippen molar-refractivity contribution in [1.29, 1.82) is 0 Å². The quantitative estimate of drug-likeness (QED) is 0.535. The van der Waals surface area contributed by atoms with E-state index >= 15 is 0 Å². The van der Waals surface area contributed by atoms with Crippen molar-refractivity contribution >= 4 is 29.6 Å². The summed E-state index contributed by atoms with van der Waals surface area (Å²) in [6.45, 7) is 2.68. The number of unbranched alkanes of at least 4 members (excludes halogenated alkanes) is 1. The van der Waals surface area contributed by atoms with Crippen LogP contribution in [0.4, 0.5) is 0 Å². The van der Waals surface area contributed by atoms with Crippen molar-refractivity contribution in [2.75, 3.05) is 19.4 Å². The summed E-state index contributed by atoms with van der Waals surface area (Å²) in [5, 5.41) is 9.58. The van der Waals surface area contributed by atoms with Gasteiger partial charge in [0.1, 0.15) is 12.1 Å². The molecule has 0 spiro atoms. The zero-order valence-electron chi connectivity index (χ0n) is 18.9. The van der Waals surface area contributed by atoms with Crippen molar-refractivity contribution in [2.24, 2.45) is 0 Å². The zero-order chi connectivity index (χ0) is 23.1. The van der Waals surface area contributed by atoms with E-state index in [4.69, 9.17) is 4.74 Å². The number of aryl methyl sites for hydroxylation is 1. The van der Waals surface area contributed by atoms with E-state index in [2.05, 4.69) is 6.92 Å². The Morgan fingerprint density at radius 3 is 2.69 bits per heavy atom. The minimum absolute atomic E-state index is 0.0949. The number of carbonyl (C=O) groups is 3. The first-order valence-corrected chi connectivity index (χ1v) is 12.6. The predicted molar refractivity (Wildman–Crippen MR) is 124 cm³/mol. The molecule has 1 aromatic carbocycles. The summed E-state index contributed by atoms with van der Waals surface area (Å²) < 4.78 is 5.16. The molecule has 2 aliphatic rings. The van der Waals surface area contributed by atoms with Crippen LogP contribution in [0.2, 0.25) is 0 Å². The minimum atomic E-state index is -0.956. The van der Waals surface area contributed by atoms with Gasteiger partial charge in [-0.1, -0.05) is 43.7 Å². The molecule has 32 heavy (non-hydrogen) atoms. The molecule has 0 saturated carbocycles. The number of amides is 1. The number of fused-ring (bicyclic) bond motifs is 1. The number of hydrogen-bond donors (Lipinski definition) is 1. The number of benzene rings is 1. The van der Waals surface area contributed by atoms with Crippen LogP contribution in [0.3, 0.4) is 0 Å². The lowest BCUT2D eigenvalue weighted by molar-refractivity contribution is -0.155. The molecular formula is C24H34N2O5S. The Labute approximate surface area is 194 Å². The first-order chi connectivity index (χ1) is 15.5. The van der Waals surface area contributed by atoms with Gasteiger partial charge in [-0.3, -0.25) is 14.5 Å². The normalized spacial score (nSPS) is 24.2. The Bertz CT molecular complexity index is 790. The maximum atomic E-state index is 13.7. The van der Waals surface area contributed by atoms with Crippen molar-refractivity contribution in [3.63, 3.8) is 0 Å². The number of esters is 1. The van der Waals surface area contributed by atoms with Crippen LogP contribution in [0.25, 0.3) is 0 Å². The zero-order valence-corrected chi connectivity index (χ0v) is 19.8. The molecule has 8 heteroatoms. The monoisotopic (exact) mass is 462 g/mol. The highest BCUT2D eigenvalue weighted by atomic mass is 32.2. The third-order valence-corrected chi connectivity index (χ3v) is 7.79. The van der Waals surface area contributed by atoms with Gasteiger partial charge in [0.2, 0.25) is 5.91 Å². The molecular weight excluding hydrogens is 428 g/mol. The molecule has 176 valence electrons. The standard InChI is InChI=1S/C24H34N2O5S/c1-3-4-15-25(19(24(30)31-2)14-13-17-9-6-5-7-10-17)18-11-8-12-21-26(22(18)27)20(16-32-21)23(28)29/h5-7,9-10,18-21H,3-4,8,11-16H2,1-2H3,(H,28,29)/t18-,19?,20-,21+/m0/s1. The molecule has 3 rings (SSSR count). The molecule has 1 unspecified atom stereocenters. The summed E-state index contributed by atoms with van der Waals surface area (Å²) in [6.07, 6.45) is 5.26. The number of aliphatic carboxylic acids is 1. The van der Waals surface area contributed by atoms with Gasteiger partial charge in [-0.2, -0.15) is 0 Å². The number of ether oxygens (including phenoxy) is 1. The van der Waals surface area contributed by atoms with Crippen LogP contribution in [0.1, 0.15) is 51.0 Å². The number of rotatable bonds is 10. The Balaban J connectivity index is 1.87. The van der Waals surface area contributed by atoms with Gasteiger partial charge >= 0.3 is 11.9 Å². The number of hydrogen-bond acceptors (Lipinski definition) is 6. The van der Waals surface area contributed by atoms with Gasteiger partial charge < -0.3 is 14.7 Å². The minimum Gasteiger partial charge on any atom is -0.480 e. The lowest BCUT2D eigenvalue weighted by Gasteiger charge is -2.38. The summed E-state index contributed by atoms with van der Waals surface area (Å²) in [5.41, 5.74) is 1.13. The van der Waals surface area contributed by atoms with Gasteiger partial charge in [0.15, 0.2) is 0 Å². The van der Waals surface area contributed by atoms with Crippen LogP contribution < -0.4 is 0 Å². The third kappa shape index (κ3) is 5.64. The molecule has 1 aromatic rings. The first-order valence-electron chi connectivity index (χ1n) is 11.5. The topological polar surface area (TPSA) is 87.2 Å². The Morgan fingerprint density at radius 2 is 2.03 bits per heavy atom. The smallest absolute Gasteiger partial charge is 0.327 e. The first kappa shape index (κ1) is 24.6. The SMILES string of the molecule is CCCCN(C(CCc1ccccc1)C(=O)OC)[C@H]1CCC[C@H]2SC[C@@H](C(=O)O)N2C1=O. The molecule has 0 radical (unpaired) electrons. The molecule has 2 fully saturated rings. The summed E-state index contributed by atoms with van der Waals surface area (Å²) in [6, 6.07) is 8.13. The summed E-state index contributed by atoms with van der Waals surface area (Å²) in [7, 11) is 1.39. The van der Waals surface area contributed by atoms with Crippen LogP contribution in [0.15, 0.2) is 30.3 Å². The summed E-state index contributed by atoms with van der Waals surface area (Å²) >= 11 is 1.55. The average molecular weight is 463 g/mol. The molecule has 2 saturated heterocycles. The highest BCUT2D eigenvalue weighted by molar-refractivity contribution is 8.00. The molecule has 2 aliphatic heterocycles. The van der Waals surface area contributed by atoms with Gasteiger partial charge in [-0.15, -0.1) is 11.8 Å². The maximum Gasteiger partial charge on any atom is 0.327 e. The molecule has 0 aromatic heterocycles. The van der Waals surface area contributed by atoms with E-state index in [1.54, 1.807) is 16.7 Å². The van der Waals surface area contributed by atoms with Crippen molar-refractivity contribution in [3.05, 3.63) is 35.9 Å². The Kier molecular flexibility index (Phi) is 8.99. The lowest BCUT2D eigenvalue weighted by Crippen LogP contribution is -2.57. The number of methoxy groups -OCH3 is 1. The van der Waals surface area contributed by atoms with Crippen molar-refractivity contribution in [1.82, 2.24) is 9.80 Å². The number of nitrogens with zero attached hydrogens (tertiary/aromatic N) is 2. The molecule has 1 amide bonds. The summed E-state index contributed by atoms with van der Waals surface area (Å²) in [4.78, 5) is 42.0. The fraction of sp³-hybridized carbons (Fsp3) is 0.625. The number of carbonyl (C=O) groups excluding carboxylic acids is 2. The van der Waals surface area contributed by atoms with Crippen LogP contribution >= 0.6 is 11.8 Å². The van der Waals surface area contributed by atoms with Gasteiger partial charge in [0.05, 0.1) is 18.5 Å². The highest BCUT2D eigenvalue weighted by Gasteiger charge is 2.47. The second-order valence-electron chi connectivity index (χ2n) is 8.49. The number of carboxylic acids is 1. The van der Waals surface area contributed by atoms with E-state index in [1.165, 1.54) is 7.11 Å². The predicted octanol–water partition coefficient (Wildman–Crippen LogP) is 3.17. The van der Waals surface area contributed by atoms with E-state index in [1.807, 2.05) is 35.2 Å². The summed E-state index contributed by atoms with van der Waals surface area (Å²) in [5.74, 6) is -1.03. The van der Waals surface area contributed by atoms with Crippen molar-refractivity contribution < 1.29 is 24.2 Å². The van der Waals surface area contributed by atoms with Crippen LogP contribution in [0.5, 0.6) is 0 Å². The third-order valence-electron chi connectivity index (χ3n) is 6.44. The average Bonchev–Trinajstić information content (AvgIpc) is 3.16. The molecule has 2 heterocycles. The molecule has 1 N–H and O–H groups in total. The van der Waals surface area contributed by atoms with E-state index in [0.717, 1.165) is 31.2 Å². The molecule has 7 nitrogen and oxygen atoms in total.